The molecule has 4 nitrogen and oxygen atoms in total. The third kappa shape index (κ3) is 4.28. The monoisotopic (exact) mass is 411 g/mol. The van der Waals surface area contributed by atoms with Crippen LogP contribution < -0.4 is 5.32 Å². The van der Waals surface area contributed by atoms with E-state index in [1.807, 2.05) is 30.3 Å². The molecular weight excluding hydrogens is 399 g/mol. The Labute approximate surface area is 162 Å². The molecule has 2 aromatic carbocycles. The van der Waals surface area contributed by atoms with Gasteiger partial charge in [-0.25, -0.2) is 0 Å². The van der Waals surface area contributed by atoms with Crippen LogP contribution in [0, 0.1) is 0 Å². The molecule has 0 unspecified atom stereocenters. The van der Waals surface area contributed by atoms with Gasteiger partial charge in [-0.1, -0.05) is 53.7 Å². The average Bonchev–Trinajstić information content (AvgIpc) is 2.92. The zero-order valence-electron chi connectivity index (χ0n) is 13.9. The van der Waals surface area contributed by atoms with E-state index in [0.29, 0.717) is 10.4 Å². The summed E-state index contributed by atoms with van der Waals surface area (Å²) in [5.41, 5.74) is -1.20. The Kier molecular flexibility index (Phi) is 5.48. The van der Waals surface area contributed by atoms with E-state index in [9.17, 15) is 18.0 Å². The van der Waals surface area contributed by atoms with E-state index in [4.69, 9.17) is 11.6 Å². The molecule has 0 aliphatic rings. The number of halogens is 4. The van der Waals surface area contributed by atoms with Crippen LogP contribution in [-0.4, -0.2) is 15.7 Å². The molecule has 0 saturated heterocycles. The largest absolute Gasteiger partial charge is 0.434 e. The molecule has 0 atom stereocenters. The van der Waals surface area contributed by atoms with Gasteiger partial charge >= 0.3 is 6.18 Å². The SMILES string of the molecule is Cn1nc(C(=O)Nc2ccccc2Sc2ccccc2)c(Cl)c1C(F)(F)F. The summed E-state index contributed by atoms with van der Waals surface area (Å²) >= 11 is 7.19. The van der Waals surface area contributed by atoms with Crippen molar-refractivity contribution in [2.24, 2.45) is 7.05 Å². The summed E-state index contributed by atoms with van der Waals surface area (Å²) in [4.78, 5) is 14.2. The Morgan fingerprint density at radius 3 is 2.37 bits per heavy atom. The van der Waals surface area contributed by atoms with E-state index in [1.165, 1.54) is 11.8 Å². The Hall–Kier alpha value is -2.45. The molecule has 3 aromatic rings. The number of nitrogens with one attached hydrogen (secondary N) is 1. The highest BCUT2D eigenvalue weighted by molar-refractivity contribution is 7.99. The van der Waals surface area contributed by atoms with Gasteiger partial charge in [0.05, 0.1) is 5.69 Å². The van der Waals surface area contributed by atoms with Crippen LogP contribution in [0.4, 0.5) is 18.9 Å². The number of carbonyl (C=O) groups is 1. The lowest BCUT2D eigenvalue weighted by Gasteiger charge is -2.10. The van der Waals surface area contributed by atoms with Crippen LogP contribution in [-0.2, 0) is 13.2 Å². The first-order valence-corrected chi connectivity index (χ1v) is 8.90. The fourth-order valence-electron chi connectivity index (χ4n) is 2.41. The van der Waals surface area contributed by atoms with Crippen molar-refractivity contribution in [2.75, 3.05) is 5.32 Å². The number of hydrogen-bond donors (Lipinski definition) is 1. The summed E-state index contributed by atoms with van der Waals surface area (Å²) in [5, 5.41) is 5.50. The summed E-state index contributed by atoms with van der Waals surface area (Å²) < 4.78 is 39.7. The van der Waals surface area contributed by atoms with Crippen LogP contribution in [0.2, 0.25) is 5.02 Å². The number of para-hydroxylation sites is 1. The molecular formula is C18H13ClF3N3OS. The standard InChI is InChI=1S/C18H13ClF3N3OS/c1-25-16(18(20,21)22)14(19)15(24-25)17(26)23-12-9-5-6-10-13(12)27-11-7-3-2-4-8-11/h2-10H,1H3,(H,23,26). The Morgan fingerprint density at radius 2 is 1.74 bits per heavy atom. The normalized spacial score (nSPS) is 11.4. The fourth-order valence-corrected chi connectivity index (χ4v) is 3.68. The van der Waals surface area contributed by atoms with Crippen LogP contribution in [0.3, 0.4) is 0 Å². The van der Waals surface area contributed by atoms with Gasteiger partial charge in [0, 0.05) is 16.8 Å². The van der Waals surface area contributed by atoms with E-state index < -0.39 is 28.5 Å². The van der Waals surface area contributed by atoms with Crippen LogP contribution in [0.1, 0.15) is 16.2 Å². The van der Waals surface area contributed by atoms with Crippen molar-refractivity contribution in [1.29, 1.82) is 0 Å². The summed E-state index contributed by atoms with van der Waals surface area (Å²) in [6.07, 6.45) is -4.71. The fraction of sp³-hybridized carbons (Fsp3) is 0.111. The first kappa shape index (κ1) is 19.3. The van der Waals surface area contributed by atoms with Gasteiger partial charge < -0.3 is 5.32 Å². The molecule has 140 valence electrons. The molecule has 0 radical (unpaired) electrons. The van der Waals surface area contributed by atoms with Crippen molar-refractivity contribution in [3.05, 3.63) is 71.0 Å². The number of nitrogens with zero attached hydrogens (tertiary/aromatic N) is 2. The van der Waals surface area contributed by atoms with E-state index >= 15 is 0 Å². The van der Waals surface area contributed by atoms with E-state index in [-0.39, 0.29) is 0 Å². The summed E-state index contributed by atoms with van der Waals surface area (Å²) in [5.74, 6) is -0.813. The van der Waals surface area contributed by atoms with Crippen LogP contribution in [0.25, 0.3) is 0 Å². The first-order valence-electron chi connectivity index (χ1n) is 7.70. The van der Waals surface area contributed by atoms with Crippen LogP contribution in [0.5, 0.6) is 0 Å². The Balaban J connectivity index is 1.88. The van der Waals surface area contributed by atoms with Gasteiger partial charge in [-0.3, -0.25) is 9.48 Å². The lowest BCUT2D eigenvalue weighted by atomic mass is 10.3. The maximum absolute atomic E-state index is 13.0. The van der Waals surface area contributed by atoms with Gasteiger partial charge in [-0.15, -0.1) is 0 Å². The van der Waals surface area contributed by atoms with Crippen LogP contribution in [0.15, 0.2) is 64.4 Å². The second-order valence-corrected chi connectivity index (χ2v) is 6.99. The van der Waals surface area contributed by atoms with Crippen molar-refractivity contribution in [2.45, 2.75) is 16.0 Å². The van der Waals surface area contributed by atoms with E-state index in [2.05, 4.69) is 10.4 Å². The molecule has 3 rings (SSSR count). The molecule has 0 fully saturated rings. The first-order chi connectivity index (χ1) is 12.8. The van der Waals surface area contributed by atoms with Crippen LogP contribution >= 0.6 is 23.4 Å². The van der Waals surface area contributed by atoms with Crippen molar-refractivity contribution >= 4 is 35.0 Å². The predicted molar refractivity (Wildman–Crippen MR) is 98.2 cm³/mol. The quantitative estimate of drug-likeness (QED) is 0.617. The highest BCUT2D eigenvalue weighted by atomic mass is 35.5. The summed E-state index contributed by atoms with van der Waals surface area (Å²) in [6, 6.07) is 16.5. The zero-order valence-corrected chi connectivity index (χ0v) is 15.5. The van der Waals surface area contributed by atoms with Gasteiger partial charge in [-0.05, 0) is 24.3 Å². The molecule has 0 aliphatic heterocycles. The summed E-state index contributed by atoms with van der Waals surface area (Å²) in [6.45, 7) is 0. The number of alkyl halides is 3. The van der Waals surface area contributed by atoms with Crippen molar-refractivity contribution in [1.82, 2.24) is 9.78 Å². The Morgan fingerprint density at radius 1 is 1.11 bits per heavy atom. The third-order valence-electron chi connectivity index (χ3n) is 3.58. The molecule has 27 heavy (non-hydrogen) atoms. The lowest BCUT2D eigenvalue weighted by molar-refractivity contribution is -0.143. The number of hydrogen-bond acceptors (Lipinski definition) is 3. The average molecular weight is 412 g/mol. The number of aryl methyl sites for hydroxylation is 1. The third-order valence-corrected chi connectivity index (χ3v) is 5.02. The number of amides is 1. The van der Waals surface area contributed by atoms with E-state index in [1.54, 1.807) is 24.3 Å². The molecule has 0 spiro atoms. The van der Waals surface area contributed by atoms with Gasteiger partial charge in [0.15, 0.2) is 11.4 Å². The van der Waals surface area contributed by atoms with Crippen molar-refractivity contribution in [3.8, 4) is 0 Å². The minimum absolute atomic E-state index is 0.451. The maximum atomic E-state index is 13.0. The van der Waals surface area contributed by atoms with Crippen molar-refractivity contribution in [3.63, 3.8) is 0 Å². The highest BCUT2D eigenvalue weighted by Crippen LogP contribution is 2.37. The predicted octanol–water partition coefficient (Wildman–Crippen LogP) is 5.50. The zero-order chi connectivity index (χ0) is 19.6. The molecule has 1 amide bonds. The minimum atomic E-state index is -4.71. The van der Waals surface area contributed by atoms with Crippen molar-refractivity contribution < 1.29 is 18.0 Å². The molecule has 0 bridgehead atoms. The number of carbonyl (C=O) groups excluding carboxylic acids is 1. The second kappa shape index (κ2) is 7.66. The lowest BCUT2D eigenvalue weighted by Crippen LogP contribution is -2.14. The molecule has 0 aliphatic carbocycles. The smallest absolute Gasteiger partial charge is 0.319 e. The van der Waals surface area contributed by atoms with Gasteiger partial charge in [0.2, 0.25) is 0 Å². The van der Waals surface area contributed by atoms with Gasteiger partial charge in [0.1, 0.15) is 5.02 Å². The number of aromatic nitrogens is 2. The molecule has 9 heteroatoms. The maximum Gasteiger partial charge on any atom is 0.434 e. The van der Waals surface area contributed by atoms with Gasteiger partial charge in [-0.2, -0.15) is 18.3 Å². The summed E-state index contributed by atoms with van der Waals surface area (Å²) in [7, 11) is 1.09. The highest BCUT2D eigenvalue weighted by Gasteiger charge is 2.40. The number of rotatable bonds is 4. The topological polar surface area (TPSA) is 46.9 Å². The molecule has 1 N–H and O–H groups in total. The molecule has 1 aromatic heterocycles. The minimum Gasteiger partial charge on any atom is -0.319 e. The Bertz CT molecular complexity index is 974. The second-order valence-electron chi connectivity index (χ2n) is 5.50. The van der Waals surface area contributed by atoms with Gasteiger partial charge in [0.25, 0.3) is 5.91 Å². The molecule has 0 saturated carbocycles. The number of benzene rings is 2. The van der Waals surface area contributed by atoms with E-state index in [0.717, 1.165) is 16.8 Å². The molecule has 1 heterocycles. The number of anilines is 1.